The highest BCUT2D eigenvalue weighted by Gasteiger charge is 2.12. The number of aromatic hydroxyl groups is 1. The lowest BCUT2D eigenvalue weighted by Crippen LogP contribution is -1.92. The summed E-state index contributed by atoms with van der Waals surface area (Å²) in [5.41, 5.74) is 6.38. The Balaban J connectivity index is 2.68. The number of hydrogen-bond donors (Lipinski definition) is 2. The number of nitrogen functional groups attached to an aromatic ring is 1. The van der Waals surface area contributed by atoms with Crippen molar-refractivity contribution < 1.29 is 9.84 Å². The molecule has 0 fully saturated rings. The van der Waals surface area contributed by atoms with E-state index in [1.165, 1.54) is 11.3 Å². The van der Waals surface area contributed by atoms with Gasteiger partial charge in [0, 0.05) is 4.70 Å². The van der Waals surface area contributed by atoms with Crippen LogP contribution < -0.4 is 10.5 Å². The number of anilines is 1. The maximum Gasteiger partial charge on any atom is 0.198 e. The number of fused-ring (bicyclic) bond motifs is 1. The van der Waals surface area contributed by atoms with Crippen LogP contribution in [-0.2, 0) is 0 Å². The van der Waals surface area contributed by atoms with Gasteiger partial charge < -0.3 is 15.6 Å². The van der Waals surface area contributed by atoms with Crippen LogP contribution in [-0.4, -0.2) is 11.7 Å². The Morgan fingerprint density at radius 1 is 1.50 bits per heavy atom. The minimum absolute atomic E-state index is 0.210. The van der Waals surface area contributed by atoms with Crippen molar-refractivity contribution in [2.45, 2.75) is 6.92 Å². The Hall–Kier alpha value is -1.42. The van der Waals surface area contributed by atoms with Crippen LogP contribution >= 0.6 is 11.3 Å². The van der Waals surface area contributed by atoms with E-state index in [1.54, 1.807) is 12.1 Å². The van der Waals surface area contributed by atoms with Gasteiger partial charge in [0.25, 0.3) is 0 Å². The second-order valence-electron chi connectivity index (χ2n) is 2.89. The van der Waals surface area contributed by atoms with E-state index < -0.39 is 0 Å². The van der Waals surface area contributed by atoms with Crippen molar-refractivity contribution in [3.63, 3.8) is 0 Å². The molecule has 2 aromatic rings. The van der Waals surface area contributed by atoms with Gasteiger partial charge in [-0.1, -0.05) is 17.4 Å². The monoisotopic (exact) mass is 209 g/mol. The highest BCUT2D eigenvalue weighted by molar-refractivity contribution is 7.21. The Kier molecular flexibility index (Phi) is 2.21. The topological polar surface area (TPSA) is 55.5 Å². The fourth-order valence-corrected chi connectivity index (χ4v) is 2.42. The molecule has 0 spiro atoms. The molecule has 2 rings (SSSR count). The van der Waals surface area contributed by atoms with Crippen molar-refractivity contribution in [3.8, 4) is 10.8 Å². The number of thiophene rings is 1. The van der Waals surface area contributed by atoms with Crippen LogP contribution in [0.1, 0.15) is 6.92 Å². The van der Waals surface area contributed by atoms with Crippen LogP contribution in [0.2, 0.25) is 0 Å². The Bertz CT molecular complexity index is 464. The van der Waals surface area contributed by atoms with Crippen molar-refractivity contribution in [3.05, 3.63) is 18.2 Å². The fourth-order valence-electron chi connectivity index (χ4n) is 1.37. The van der Waals surface area contributed by atoms with Gasteiger partial charge in [0.15, 0.2) is 5.06 Å². The zero-order chi connectivity index (χ0) is 10.1. The molecule has 4 heteroatoms. The maximum atomic E-state index is 9.60. The summed E-state index contributed by atoms with van der Waals surface area (Å²) in [5.74, 6) is 0.210. The lowest BCUT2D eigenvalue weighted by molar-refractivity contribution is 0.352. The van der Waals surface area contributed by atoms with E-state index in [9.17, 15) is 5.11 Å². The van der Waals surface area contributed by atoms with E-state index in [2.05, 4.69) is 0 Å². The second kappa shape index (κ2) is 3.38. The van der Waals surface area contributed by atoms with E-state index in [-0.39, 0.29) is 5.75 Å². The summed E-state index contributed by atoms with van der Waals surface area (Å²) in [5, 5.41) is 11.0. The third kappa shape index (κ3) is 1.28. The Labute approximate surface area is 85.7 Å². The summed E-state index contributed by atoms with van der Waals surface area (Å²) >= 11 is 1.46. The molecule has 3 N–H and O–H groups in total. The molecule has 0 saturated heterocycles. The minimum Gasteiger partial charge on any atom is -0.507 e. The summed E-state index contributed by atoms with van der Waals surface area (Å²) in [7, 11) is 0. The molecule has 0 atom stereocenters. The molecule has 3 nitrogen and oxygen atoms in total. The maximum absolute atomic E-state index is 9.60. The molecule has 1 aromatic carbocycles. The molecule has 1 aromatic heterocycles. The second-order valence-corrected chi connectivity index (χ2v) is 3.90. The van der Waals surface area contributed by atoms with E-state index in [0.717, 1.165) is 4.70 Å². The normalized spacial score (nSPS) is 10.6. The van der Waals surface area contributed by atoms with Crippen LogP contribution in [0.4, 0.5) is 5.69 Å². The molecule has 0 bridgehead atoms. The van der Waals surface area contributed by atoms with Crippen LogP contribution in [0.15, 0.2) is 18.2 Å². The van der Waals surface area contributed by atoms with Crippen molar-refractivity contribution in [2.24, 2.45) is 0 Å². The number of hydrogen-bond acceptors (Lipinski definition) is 4. The number of ether oxygens (including phenoxy) is 1. The first kappa shape index (κ1) is 9.15. The van der Waals surface area contributed by atoms with Gasteiger partial charge >= 0.3 is 0 Å². The Morgan fingerprint density at radius 2 is 2.29 bits per heavy atom. The third-order valence-electron chi connectivity index (χ3n) is 1.97. The molecule has 1 heterocycles. The largest absolute Gasteiger partial charge is 0.507 e. The Morgan fingerprint density at radius 3 is 2.93 bits per heavy atom. The van der Waals surface area contributed by atoms with Crippen LogP contribution in [0.25, 0.3) is 10.1 Å². The zero-order valence-corrected chi connectivity index (χ0v) is 8.60. The average Bonchev–Trinajstić information content (AvgIpc) is 2.46. The minimum atomic E-state index is 0.210. The molecule has 74 valence electrons. The molecule has 0 aliphatic heterocycles. The molecule has 0 aliphatic rings. The highest BCUT2D eigenvalue weighted by Crippen LogP contribution is 2.43. The summed E-state index contributed by atoms with van der Waals surface area (Å²) in [6, 6.07) is 5.34. The van der Waals surface area contributed by atoms with E-state index in [1.807, 2.05) is 13.0 Å². The van der Waals surface area contributed by atoms with E-state index >= 15 is 0 Å². The highest BCUT2D eigenvalue weighted by atomic mass is 32.1. The van der Waals surface area contributed by atoms with E-state index in [4.69, 9.17) is 10.5 Å². The zero-order valence-electron chi connectivity index (χ0n) is 7.78. The quantitative estimate of drug-likeness (QED) is 0.799. The van der Waals surface area contributed by atoms with Gasteiger partial charge in [-0.25, -0.2) is 0 Å². The van der Waals surface area contributed by atoms with Gasteiger partial charge in [-0.3, -0.25) is 0 Å². The van der Waals surface area contributed by atoms with Gasteiger partial charge in [-0.05, 0) is 19.1 Å². The molecular weight excluding hydrogens is 198 g/mol. The number of rotatable bonds is 2. The van der Waals surface area contributed by atoms with Crippen molar-refractivity contribution in [2.75, 3.05) is 12.3 Å². The van der Waals surface area contributed by atoms with Crippen LogP contribution in [0.5, 0.6) is 10.8 Å². The first-order valence-electron chi connectivity index (χ1n) is 4.36. The lowest BCUT2D eigenvalue weighted by atomic mass is 10.2. The van der Waals surface area contributed by atoms with Gasteiger partial charge in [0.1, 0.15) is 5.75 Å². The van der Waals surface area contributed by atoms with Crippen molar-refractivity contribution in [1.29, 1.82) is 0 Å². The smallest absolute Gasteiger partial charge is 0.198 e. The average molecular weight is 209 g/mol. The molecule has 14 heavy (non-hydrogen) atoms. The standard InChI is InChI=1S/C10H11NO2S/c1-2-13-10-9(11)8-6(12)4-3-5-7(8)14-10/h3-5,12H,2,11H2,1H3. The molecule has 0 radical (unpaired) electrons. The summed E-state index contributed by atoms with van der Waals surface area (Å²) in [6.07, 6.45) is 0. The number of benzene rings is 1. The first-order valence-corrected chi connectivity index (χ1v) is 5.18. The molecule has 0 aliphatic carbocycles. The number of phenols is 1. The fraction of sp³-hybridized carbons (Fsp3) is 0.200. The molecule has 0 unspecified atom stereocenters. The predicted molar refractivity (Wildman–Crippen MR) is 59.1 cm³/mol. The number of phenolic OH excluding ortho intramolecular Hbond substituents is 1. The molecule has 0 amide bonds. The predicted octanol–water partition coefficient (Wildman–Crippen LogP) is 2.59. The third-order valence-corrected chi connectivity index (χ3v) is 3.05. The summed E-state index contributed by atoms with van der Waals surface area (Å²) in [6.45, 7) is 2.49. The lowest BCUT2D eigenvalue weighted by Gasteiger charge is -1.99. The number of nitrogens with two attached hydrogens (primary N) is 1. The van der Waals surface area contributed by atoms with E-state index in [0.29, 0.717) is 22.7 Å². The van der Waals surface area contributed by atoms with Crippen LogP contribution in [0, 0.1) is 0 Å². The van der Waals surface area contributed by atoms with Crippen LogP contribution in [0.3, 0.4) is 0 Å². The SMILES string of the molecule is CCOc1sc2cccc(O)c2c1N. The molecule has 0 saturated carbocycles. The van der Waals surface area contributed by atoms with Gasteiger partial charge in [-0.15, -0.1) is 0 Å². The summed E-state index contributed by atoms with van der Waals surface area (Å²) in [4.78, 5) is 0. The van der Waals surface area contributed by atoms with Gasteiger partial charge in [-0.2, -0.15) is 0 Å². The first-order chi connectivity index (χ1) is 6.74. The van der Waals surface area contributed by atoms with Gasteiger partial charge in [0.05, 0.1) is 17.7 Å². The van der Waals surface area contributed by atoms with Crippen molar-refractivity contribution in [1.82, 2.24) is 0 Å². The van der Waals surface area contributed by atoms with Crippen molar-refractivity contribution >= 4 is 27.1 Å². The van der Waals surface area contributed by atoms with Gasteiger partial charge in [0.2, 0.25) is 0 Å². The molecular formula is C10H11NO2S. The summed E-state index contributed by atoms with van der Waals surface area (Å²) < 4.78 is 6.31.